The van der Waals surface area contributed by atoms with Gasteiger partial charge in [0.05, 0.1) is 5.69 Å². The fourth-order valence-corrected chi connectivity index (χ4v) is 1.76. The Morgan fingerprint density at radius 2 is 1.80 bits per heavy atom. The van der Waals surface area contributed by atoms with Crippen molar-refractivity contribution in [3.63, 3.8) is 0 Å². The third-order valence-electron chi connectivity index (χ3n) is 2.82. The number of rotatable bonds is 5. The third kappa shape index (κ3) is 3.57. The number of ether oxygens (including phenoxy) is 1. The summed E-state index contributed by atoms with van der Waals surface area (Å²) >= 11 is 0. The van der Waals surface area contributed by atoms with Gasteiger partial charge in [0, 0.05) is 0 Å². The Balaban J connectivity index is 2.04. The highest BCUT2D eigenvalue weighted by atomic mass is 19.1. The average molecular weight is 273 g/mol. The number of para-hydroxylation sites is 2. The van der Waals surface area contributed by atoms with E-state index in [1.165, 1.54) is 12.1 Å². The number of anilines is 1. The second-order valence-electron chi connectivity index (χ2n) is 4.30. The van der Waals surface area contributed by atoms with Gasteiger partial charge >= 0.3 is 0 Å². The van der Waals surface area contributed by atoms with E-state index in [0.717, 1.165) is 0 Å². The molecule has 0 spiro atoms. The highest BCUT2D eigenvalue weighted by molar-refractivity contribution is 5.94. The molecule has 0 aliphatic carbocycles. The van der Waals surface area contributed by atoms with Crippen LogP contribution < -0.4 is 10.1 Å². The van der Waals surface area contributed by atoms with Gasteiger partial charge in [-0.05, 0) is 30.7 Å². The zero-order chi connectivity index (χ0) is 14.4. The van der Waals surface area contributed by atoms with Crippen molar-refractivity contribution in [1.29, 1.82) is 0 Å². The van der Waals surface area contributed by atoms with Crippen LogP contribution >= 0.6 is 0 Å². The highest BCUT2D eigenvalue weighted by Crippen LogP contribution is 2.16. The lowest BCUT2D eigenvalue weighted by atomic mass is 10.2. The van der Waals surface area contributed by atoms with Crippen LogP contribution in [0.5, 0.6) is 5.75 Å². The summed E-state index contributed by atoms with van der Waals surface area (Å²) in [5.41, 5.74) is 0.160. The highest BCUT2D eigenvalue weighted by Gasteiger charge is 2.19. The Morgan fingerprint density at radius 1 is 1.15 bits per heavy atom. The molecule has 0 bridgehead atoms. The molecule has 0 aromatic heterocycles. The number of hydrogen-bond donors (Lipinski definition) is 1. The van der Waals surface area contributed by atoms with E-state index in [1.54, 1.807) is 24.3 Å². The maximum absolute atomic E-state index is 13.5. The quantitative estimate of drug-likeness (QED) is 0.903. The van der Waals surface area contributed by atoms with Gasteiger partial charge in [-0.3, -0.25) is 4.79 Å². The normalized spacial score (nSPS) is 11.7. The molecule has 0 aliphatic rings. The molecule has 2 aromatic rings. The minimum absolute atomic E-state index is 0.160. The summed E-state index contributed by atoms with van der Waals surface area (Å²) in [7, 11) is 0. The van der Waals surface area contributed by atoms with Crippen LogP contribution in [-0.2, 0) is 4.79 Å². The van der Waals surface area contributed by atoms with Crippen molar-refractivity contribution in [1.82, 2.24) is 0 Å². The van der Waals surface area contributed by atoms with E-state index in [4.69, 9.17) is 4.74 Å². The molecule has 4 heteroatoms. The van der Waals surface area contributed by atoms with E-state index < -0.39 is 11.9 Å². The van der Waals surface area contributed by atoms with Gasteiger partial charge in [-0.25, -0.2) is 4.39 Å². The standard InChI is InChI=1S/C16H16FNO2/c1-2-15(20-12-8-4-3-5-9-12)16(19)18-14-11-7-6-10-13(14)17/h3-11,15H,2H2,1H3,(H,18,19)/t15-/m0/s1. The number of carbonyl (C=O) groups is 1. The molecule has 20 heavy (non-hydrogen) atoms. The predicted octanol–water partition coefficient (Wildman–Crippen LogP) is 3.62. The van der Waals surface area contributed by atoms with Crippen molar-refractivity contribution in [3.8, 4) is 5.75 Å². The monoisotopic (exact) mass is 273 g/mol. The van der Waals surface area contributed by atoms with Crippen LogP contribution in [0.4, 0.5) is 10.1 Å². The van der Waals surface area contributed by atoms with Gasteiger partial charge < -0.3 is 10.1 Å². The van der Waals surface area contributed by atoms with Gasteiger partial charge in [0.2, 0.25) is 0 Å². The lowest BCUT2D eigenvalue weighted by molar-refractivity contribution is -0.122. The number of nitrogens with one attached hydrogen (secondary N) is 1. The molecule has 0 saturated carbocycles. The fourth-order valence-electron chi connectivity index (χ4n) is 1.76. The third-order valence-corrected chi connectivity index (χ3v) is 2.82. The van der Waals surface area contributed by atoms with Crippen molar-refractivity contribution >= 4 is 11.6 Å². The smallest absolute Gasteiger partial charge is 0.265 e. The van der Waals surface area contributed by atoms with Crippen molar-refractivity contribution in [2.45, 2.75) is 19.4 Å². The van der Waals surface area contributed by atoms with Crippen LogP contribution in [0.1, 0.15) is 13.3 Å². The molecular weight excluding hydrogens is 257 g/mol. The van der Waals surface area contributed by atoms with Gasteiger partial charge in [0.25, 0.3) is 5.91 Å². The zero-order valence-electron chi connectivity index (χ0n) is 11.2. The van der Waals surface area contributed by atoms with Crippen molar-refractivity contribution in [2.75, 3.05) is 5.32 Å². The molecule has 104 valence electrons. The fraction of sp³-hybridized carbons (Fsp3) is 0.188. The molecule has 1 atom stereocenters. The first-order valence-corrected chi connectivity index (χ1v) is 6.47. The van der Waals surface area contributed by atoms with E-state index in [0.29, 0.717) is 12.2 Å². The first-order valence-electron chi connectivity index (χ1n) is 6.47. The van der Waals surface area contributed by atoms with Gasteiger partial charge in [0.1, 0.15) is 11.6 Å². The van der Waals surface area contributed by atoms with Crippen LogP contribution in [0.3, 0.4) is 0 Å². The minimum atomic E-state index is -0.656. The summed E-state index contributed by atoms with van der Waals surface area (Å²) in [6.45, 7) is 1.84. The topological polar surface area (TPSA) is 38.3 Å². The Labute approximate surface area is 117 Å². The number of carbonyl (C=O) groups excluding carboxylic acids is 1. The van der Waals surface area contributed by atoms with Crippen LogP contribution in [0.25, 0.3) is 0 Å². The predicted molar refractivity (Wildman–Crippen MR) is 76.2 cm³/mol. The van der Waals surface area contributed by atoms with Gasteiger partial charge in [-0.1, -0.05) is 37.3 Å². The Morgan fingerprint density at radius 3 is 2.45 bits per heavy atom. The number of halogens is 1. The van der Waals surface area contributed by atoms with Gasteiger partial charge in [-0.2, -0.15) is 0 Å². The summed E-state index contributed by atoms with van der Waals surface area (Å²) in [6.07, 6.45) is -0.160. The SMILES string of the molecule is CC[C@H](Oc1ccccc1)C(=O)Nc1ccccc1F. The van der Waals surface area contributed by atoms with E-state index in [1.807, 2.05) is 25.1 Å². The van der Waals surface area contributed by atoms with Crippen molar-refractivity contribution < 1.29 is 13.9 Å². The molecule has 0 fully saturated rings. The Bertz CT molecular complexity index is 572. The van der Waals surface area contributed by atoms with E-state index in [9.17, 15) is 9.18 Å². The van der Waals surface area contributed by atoms with Gasteiger partial charge in [0.15, 0.2) is 6.10 Å². The molecular formula is C16H16FNO2. The molecule has 3 nitrogen and oxygen atoms in total. The Kier molecular flexibility index (Phi) is 4.71. The minimum Gasteiger partial charge on any atom is -0.481 e. The summed E-state index contributed by atoms with van der Waals surface area (Å²) in [4.78, 5) is 12.1. The summed E-state index contributed by atoms with van der Waals surface area (Å²) in [5.74, 6) is -0.208. The Hall–Kier alpha value is -2.36. The molecule has 2 aromatic carbocycles. The second-order valence-corrected chi connectivity index (χ2v) is 4.30. The number of benzene rings is 2. The number of amides is 1. The van der Waals surface area contributed by atoms with Crippen LogP contribution in [-0.4, -0.2) is 12.0 Å². The molecule has 0 saturated heterocycles. The number of hydrogen-bond acceptors (Lipinski definition) is 2. The first kappa shape index (κ1) is 14.1. The van der Waals surface area contributed by atoms with Crippen LogP contribution in [0.2, 0.25) is 0 Å². The molecule has 0 aliphatic heterocycles. The zero-order valence-corrected chi connectivity index (χ0v) is 11.2. The lowest BCUT2D eigenvalue weighted by Gasteiger charge is -2.17. The second kappa shape index (κ2) is 6.70. The van der Waals surface area contributed by atoms with Crippen LogP contribution in [0.15, 0.2) is 54.6 Å². The van der Waals surface area contributed by atoms with Crippen molar-refractivity contribution in [2.24, 2.45) is 0 Å². The maximum Gasteiger partial charge on any atom is 0.265 e. The molecule has 0 heterocycles. The van der Waals surface area contributed by atoms with E-state index in [2.05, 4.69) is 5.32 Å². The molecule has 2 rings (SSSR count). The molecule has 0 radical (unpaired) electrons. The molecule has 0 unspecified atom stereocenters. The summed E-state index contributed by atoms with van der Waals surface area (Å²) in [5, 5.41) is 2.54. The largest absolute Gasteiger partial charge is 0.481 e. The van der Waals surface area contributed by atoms with E-state index in [-0.39, 0.29) is 11.6 Å². The summed E-state index contributed by atoms with van der Waals surface area (Å²) < 4.78 is 19.1. The summed E-state index contributed by atoms with van der Waals surface area (Å²) in [6, 6.07) is 15.1. The van der Waals surface area contributed by atoms with Gasteiger partial charge in [-0.15, -0.1) is 0 Å². The van der Waals surface area contributed by atoms with E-state index >= 15 is 0 Å². The molecule has 1 amide bonds. The first-order chi connectivity index (χ1) is 9.70. The lowest BCUT2D eigenvalue weighted by Crippen LogP contribution is -2.32. The molecule has 1 N–H and O–H groups in total. The van der Waals surface area contributed by atoms with Crippen molar-refractivity contribution in [3.05, 3.63) is 60.4 Å². The average Bonchev–Trinajstić information content (AvgIpc) is 2.48. The maximum atomic E-state index is 13.5. The van der Waals surface area contributed by atoms with Crippen LogP contribution in [0, 0.1) is 5.82 Å².